The third kappa shape index (κ3) is 1.75. The number of rotatable bonds is 1. The molecule has 1 heterocycles. The van der Waals surface area contributed by atoms with Crippen molar-refractivity contribution < 1.29 is 9.90 Å². The number of hydrogen-bond donors (Lipinski definition) is 3. The first kappa shape index (κ1) is 9.04. The molecule has 3 N–H and O–H groups in total. The molecule has 0 aliphatic carbocycles. The highest BCUT2D eigenvalue weighted by atomic mass is 16.4. The maximum atomic E-state index is 11.0. The molecule has 1 aromatic rings. The summed E-state index contributed by atoms with van der Waals surface area (Å²) in [6, 6.07) is 0. The van der Waals surface area contributed by atoms with E-state index < -0.39 is 17.3 Å². The third-order valence-electron chi connectivity index (χ3n) is 1.45. The molecule has 0 bridgehead atoms. The van der Waals surface area contributed by atoms with Crippen LogP contribution in [0.3, 0.4) is 0 Å². The van der Waals surface area contributed by atoms with E-state index in [2.05, 4.69) is 4.98 Å². The Hall–Kier alpha value is -2.05. The van der Waals surface area contributed by atoms with E-state index in [9.17, 15) is 14.4 Å². The van der Waals surface area contributed by atoms with Crippen LogP contribution in [0.2, 0.25) is 0 Å². The minimum atomic E-state index is -1.28. The van der Waals surface area contributed by atoms with Crippen LogP contribution in [0.1, 0.15) is 0 Å². The first-order valence-corrected chi connectivity index (χ1v) is 3.31. The zero-order chi connectivity index (χ0) is 10.0. The molecule has 1 rings (SSSR count). The van der Waals surface area contributed by atoms with Crippen molar-refractivity contribution >= 4 is 11.8 Å². The zero-order valence-electron chi connectivity index (χ0n) is 6.70. The number of nitrogens with one attached hydrogen (secondary N) is 2. The van der Waals surface area contributed by atoms with Gasteiger partial charge in [-0.25, -0.2) is 9.59 Å². The van der Waals surface area contributed by atoms with Gasteiger partial charge in [0.2, 0.25) is 0 Å². The van der Waals surface area contributed by atoms with Gasteiger partial charge >= 0.3 is 11.8 Å². The Kier molecular flexibility index (Phi) is 2.18. The van der Waals surface area contributed by atoms with Crippen molar-refractivity contribution in [3.8, 4) is 0 Å². The molecule has 0 unspecified atom stereocenters. The SMILES string of the molecule is CN(C(=O)O)c1c[nH]c(=O)[nH]c1=O. The molecular weight excluding hydrogens is 178 g/mol. The lowest BCUT2D eigenvalue weighted by Crippen LogP contribution is -2.33. The van der Waals surface area contributed by atoms with E-state index in [1.165, 1.54) is 7.05 Å². The largest absolute Gasteiger partial charge is 0.465 e. The summed E-state index contributed by atoms with van der Waals surface area (Å²) in [5, 5.41) is 8.51. The zero-order valence-corrected chi connectivity index (χ0v) is 6.70. The number of aromatic nitrogens is 2. The Morgan fingerprint density at radius 2 is 2.15 bits per heavy atom. The summed E-state index contributed by atoms with van der Waals surface area (Å²) in [5.41, 5.74) is -1.55. The van der Waals surface area contributed by atoms with E-state index in [0.717, 1.165) is 6.20 Å². The molecule has 1 aromatic heterocycles. The van der Waals surface area contributed by atoms with Gasteiger partial charge in [-0.3, -0.25) is 14.7 Å². The number of aromatic amines is 2. The molecule has 0 aliphatic rings. The van der Waals surface area contributed by atoms with Crippen molar-refractivity contribution in [1.29, 1.82) is 0 Å². The quantitative estimate of drug-likeness (QED) is 0.531. The van der Waals surface area contributed by atoms with Crippen LogP contribution in [0.15, 0.2) is 15.8 Å². The lowest BCUT2D eigenvalue weighted by Gasteiger charge is -2.09. The normalized spacial score (nSPS) is 9.62. The molecule has 0 fully saturated rings. The van der Waals surface area contributed by atoms with Crippen LogP contribution in [-0.4, -0.2) is 28.2 Å². The van der Waals surface area contributed by atoms with E-state index >= 15 is 0 Å². The van der Waals surface area contributed by atoms with Gasteiger partial charge in [0.15, 0.2) is 0 Å². The minimum absolute atomic E-state index is 0.132. The van der Waals surface area contributed by atoms with Gasteiger partial charge < -0.3 is 10.1 Å². The van der Waals surface area contributed by atoms with Crippen LogP contribution in [-0.2, 0) is 0 Å². The predicted octanol–water partition coefficient (Wildman–Crippen LogP) is -0.823. The van der Waals surface area contributed by atoms with Crippen molar-refractivity contribution in [3.05, 3.63) is 27.0 Å². The molecular formula is C6H7N3O4. The molecule has 70 valence electrons. The smallest absolute Gasteiger partial charge is 0.411 e. The van der Waals surface area contributed by atoms with E-state index in [1.807, 2.05) is 4.98 Å². The van der Waals surface area contributed by atoms with Crippen LogP contribution >= 0.6 is 0 Å². The Morgan fingerprint density at radius 1 is 1.54 bits per heavy atom. The molecule has 0 aliphatic heterocycles. The van der Waals surface area contributed by atoms with Gasteiger partial charge in [0.1, 0.15) is 5.69 Å². The second-order valence-corrected chi connectivity index (χ2v) is 2.30. The minimum Gasteiger partial charge on any atom is -0.465 e. The number of nitrogens with zero attached hydrogens (tertiary/aromatic N) is 1. The lowest BCUT2D eigenvalue weighted by molar-refractivity contribution is 0.203. The van der Waals surface area contributed by atoms with Crippen molar-refractivity contribution in [3.63, 3.8) is 0 Å². The Bertz CT molecular complexity index is 432. The molecule has 0 aromatic carbocycles. The molecule has 0 saturated carbocycles. The first-order valence-electron chi connectivity index (χ1n) is 3.31. The summed E-state index contributed by atoms with van der Waals surface area (Å²) in [4.78, 5) is 36.7. The van der Waals surface area contributed by atoms with E-state index in [-0.39, 0.29) is 5.69 Å². The number of amides is 1. The van der Waals surface area contributed by atoms with Gasteiger partial charge in [-0.05, 0) is 0 Å². The fraction of sp³-hybridized carbons (Fsp3) is 0.167. The topological polar surface area (TPSA) is 106 Å². The van der Waals surface area contributed by atoms with Crippen molar-refractivity contribution in [2.45, 2.75) is 0 Å². The van der Waals surface area contributed by atoms with Crippen LogP contribution in [0.5, 0.6) is 0 Å². The number of carbonyl (C=O) groups is 1. The maximum absolute atomic E-state index is 11.0. The van der Waals surface area contributed by atoms with Gasteiger partial charge in [-0.15, -0.1) is 0 Å². The van der Waals surface area contributed by atoms with Crippen molar-refractivity contribution in [2.24, 2.45) is 0 Å². The van der Waals surface area contributed by atoms with E-state index in [0.29, 0.717) is 4.90 Å². The maximum Gasteiger partial charge on any atom is 0.411 e. The fourth-order valence-corrected chi connectivity index (χ4v) is 0.755. The van der Waals surface area contributed by atoms with Gasteiger partial charge in [-0.1, -0.05) is 0 Å². The molecule has 0 atom stereocenters. The van der Waals surface area contributed by atoms with Gasteiger partial charge in [0.05, 0.1) is 0 Å². The van der Waals surface area contributed by atoms with Gasteiger partial charge in [-0.2, -0.15) is 0 Å². The molecule has 7 nitrogen and oxygen atoms in total. The summed E-state index contributed by atoms with van der Waals surface area (Å²) in [6.07, 6.45) is -0.243. The third-order valence-corrected chi connectivity index (χ3v) is 1.45. The first-order chi connectivity index (χ1) is 6.02. The molecule has 0 spiro atoms. The molecule has 13 heavy (non-hydrogen) atoms. The average Bonchev–Trinajstić information content (AvgIpc) is 2.03. The van der Waals surface area contributed by atoms with Gasteiger partial charge in [0, 0.05) is 13.2 Å². The molecule has 1 amide bonds. The number of anilines is 1. The Balaban J connectivity index is 3.24. The summed E-state index contributed by atoms with van der Waals surface area (Å²) < 4.78 is 0. The predicted molar refractivity (Wildman–Crippen MR) is 44.1 cm³/mol. The summed E-state index contributed by atoms with van der Waals surface area (Å²) in [7, 11) is 1.20. The highest BCUT2D eigenvalue weighted by Gasteiger charge is 2.11. The standard InChI is InChI=1S/C6H7N3O4/c1-9(6(12)13)3-2-7-5(11)8-4(3)10/h2H,1H3,(H,12,13)(H2,7,8,10,11). The Morgan fingerprint density at radius 3 is 2.62 bits per heavy atom. The Labute approximate surface area is 71.6 Å². The van der Waals surface area contributed by atoms with Crippen LogP contribution in [0.4, 0.5) is 10.5 Å². The van der Waals surface area contributed by atoms with Gasteiger partial charge in [0.25, 0.3) is 5.56 Å². The summed E-state index contributed by atoms with van der Waals surface area (Å²) >= 11 is 0. The van der Waals surface area contributed by atoms with Crippen molar-refractivity contribution in [1.82, 2.24) is 9.97 Å². The molecule has 0 saturated heterocycles. The second-order valence-electron chi connectivity index (χ2n) is 2.30. The second kappa shape index (κ2) is 3.13. The number of carboxylic acid groups (broad SMARTS) is 1. The average molecular weight is 185 g/mol. The molecule has 7 heteroatoms. The van der Waals surface area contributed by atoms with Crippen LogP contribution < -0.4 is 16.1 Å². The highest BCUT2D eigenvalue weighted by Crippen LogP contribution is 1.99. The monoisotopic (exact) mass is 185 g/mol. The lowest BCUT2D eigenvalue weighted by atomic mass is 10.5. The van der Waals surface area contributed by atoms with Crippen molar-refractivity contribution in [2.75, 3.05) is 11.9 Å². The van der Waals surface area contributed by atoms with Crippen LogP contribution in [0.25, 0.3) is 0 Å². The number of H-pyrrole nitrogens is 2. The van der Waals surface area contributed by atoms with Crippen LogP contribution in [0, 0.1) is 0 Å². The van der Waals surface area contributed by atoms with E-state index in [1.54, 1.807) is 0 Å². The number of hydrogen-bond acceptors (Lipinski definition) is 3. The highest BCUT2D eigenvalue weighted by molar-refractivity contribution is 5.84. The summed E-state index contributed by atoms with van der Waals surface area (Å²) in [5.74, 6) is 0. The van der Waals surface area contributed by atoms with E-state index in [4.69, 9.17) is 5.11 Å². The fourth-order valence-electron chi connectivity index (χ4n) is 0.755. The summed E-state index contributed by atoms with van der Waals surface area (Å²) in [6.45, 7) is 0. The molecule has 0 radical (unpaired) electrons.